The lowest BCUT2D eigenvalue weighted by Gasteiger charge is -2.32. The quantitative estimate of drug-likeness (QED) is 0.789. The Hall–Kier alpha value is -1.39. The molecule has 0 aliphatic heterocycles. The first-order valence-corrected chi connectivity index (χ1v) is 5.58. The van der Waals surface area contributed by atoms with Gasteiger partial charge in [0.1, 0.15) is 0 Å². The SMILES string of the molecule is COCC(NC(C)C)(C(=O)O)c1ccccc1. The zero-order valence-corrected chi connectivity index (χ0v) is 10.4. The molecule has 0 aromatic heterocycles. The average molecular weight is 237 g/mol. The van der Waals surface area contributed by atoms with Gasteiger partial charge < -0.3 is 9.84 Å². The Morgan fingerprint density at radius 2 is 2.00 bits per heavy atom. The van der Waals surface area contributed by atoms with E-state index >= 15 is 0 Å². The number of nitrogens with one attached hydrogen (secondary N) is 1. The highest BCUT2D eigenvalue weighted by atomic mass is 16.5. The van der Waals surface area contributed by atoms with E-state index in [2.05, 4.69) is 5.32 Å². The topological polar surface area (TPSA) is 58.6 Å². The molecule has 0 bridgehead atoms. The van der Waals surface area contributed by atoms with Crippen LogP contribution in [0, 0.1) is 0 Å². The zero-order chi connectivity index (χ0) is 12.9. The third kappa shape index (κ3) is 3.05. The average Bonchev–Trinajstić information content (AvgIpc) is 2.28. The Labute approximate surface area is 102 Å². The molecule has 0 spiro atoms. The number of carboxylic acid groups (broad SMARTS) is 1. The summed E-state index contributed by atoms with van der Waals surface area (Å²) in [6.45, 7) is 3.91. The van der Waals surface area contributed by atoms with Crippen molar-refractivity contribution in [2.45, 2.75) is 25.4 Å². The molecule has 0 saturated carbocycles. The summed E-state index contributed by atoms with van der Waals surface area (Å²) < 4.78 is 5.08. The number of hydrogen-bond acceptors (Lipinski definition) is 3. The van der Waals surface area contributed by atoms with Crippen LogP contribution in [0.1, 0.15) is 19.4 Å². The highest BCUT2D eigenvalue weighted by Gasteiger charge is 2.40. The normalized spacial score (nSPS) is 14.6. The van der Waals surface area contributed by atoms with Gasteiger partial charge in [0, 0.05) is 13.2 Å². The first kappa shape index (κ1) is 13.7. The molecular formula is C13H19NO3. The van der Waals surface area contributed by atoms with Crippen molar-refractivity contribution in [1.29, 1.82) is 0 Å². The number of hydrogen-bond donors (Lipinski definition) is 2. The van der Waals surface area contributed by atoms with Crippen LogP contribution in [0.3, 0.4) is 0 Å². The molecule has 0 fully saturated rings. The summed E-state index contributed by atoms with van der Waals surface area (Å²) >= 11 is 0. The van der Waals surface area contributed by atoms with E-state index in [-0.39, 0.29) is 12.6 Å². The predicted molar refractivity (Wildman–Crippen MR) is 65.9 cm³/mol. The molecule has 4 heteroatoms. The fourth-order valence-electron chi connectivity index (χ4n) is 1.89. The first-order chi connectivity index (χ1) is 8.03. The summed E-state index contributed by atoms with van der Waals surface area (Å²) in [5.74, 6) is -0.931. The number of methoxy groups -OCH3 is 1. The van der Waals surface area contributed by atoms with Crippen molar-refractivity contribution < 1.29 is 14.6 Å². The first-order valence-electron chi connectivity index (χ1n) is 5.58. The van der Waals surface area contributed by atoms with Crippen LogP contribution in [-0.4, -0.2) is 30.8 Å². The largest absolute Gasteiger partial charge is 0.480 e. The van der Waals surface area contributed by atoms with Crippen LogP contribution < -0.4 is 5.32 Å². The van der Waals surface area contributed by atoms with E-state index in [4.69, 9.17) is 4.74 Å². The number of rotatable bonds is 6. The molecule has 94 valence electrons. The fourth-order valence-corrected chi connectivity index (χ4v) is 1.89. The second-order valence-corrected chi connectivity index (χ2v) is 4.31. The molecule has 0 saturated heterocycles. The van der Waals surface area contributed by atoms with E-state index in [0.717, 1.165) is 0 Å². The second kappa shape index (κ2) is 5.80. The van der Waals surface area contributed by atoms with E-state index in [9.17, 15) is 9.90 Å². The maximum atomic E-state index is 11.6. The van der Waals surface area contributed by atoms with Crippen LogP contribution in [-0.2, 0) is 15.1 Å². The highest BCUT2D eigenvalue weighted by Crippen LogP contribution is 2.23. The summed E-state index contributed by atoms with van der Waals surface area (Å²) in [6, 6.07) is 9.14. The van der Waals surface area contributed by atoms with Crippen LogP contribution in [0.4, 0.5) is 0 Å². The lowest BCUT2D eigenvalue weighted by Crippen LogP contribution is -2.55. The fraction of sp³-hybridized carbons (Fsp3) is 0.462. The predicted octanol–water partition coefficient (Wildman–Crippen LogP) is 1.61. The van der Waals surface area contributed by atoms with E-state index in [1.54, 1.807) is 12.1 Å². The van der Waals surface area contributed by atoms with Crippen molar-refractivity contribution >= 4 is 5.97 Å². The summed E-state index contributed by atoms with van der Waals surface area (Å²) in [7, 11) is 1.50. The van der Waals surface area contributed by atoms with Gasteiger partial charge >= 0.3 is 5.97 Å². The molecule has 1 unspecified atom stereocenters. The van der Waals surface area contributed by atoms with Gasteiger partial charge in [-0.2, -0.15) is 0 Å². The van der Waals surface area contributed by atoms with Crippen LogP contribution >= 0.6 is 0 Å². The Bertz CT molecular complexity index is 364. The monoisotopic (exact) mass is 237 g/mol. The highest BCUT2D eigenvalue weighted by molar-refractivity contribution is 5.81. The van der Waals surface area contributed by atoms with Gasteiger partial charge in [0.05, 0.1) is 6.61 Å². The molecule has 2 N–H and O–H groups in total. The third-order valence-electron chi connectivity index (χ3n) is 2.53. The number of carbonyl (C=O) groups is 1. The van der Waals surface area contributed by atoms with Gasteiger partial charge in [-0.1, -0.05) is 30.3 Å². The van der Waals surface area contributed by atoms with E-state index in [1.165, 1.54) is 7.11 Å². The molecule has 17 heavy (non-hydrogen) atoms. The molecule has 1 aromatic rings. The smallest absolute Gasteiger partial charge is 0.331 e. The van der Waals surface area contributed by atoms with Crippen LogP contribution in [0.15, 0.2) is 30.3 Å². The maximum Gasteiger partial charge on any atom is 0.331 e. The Balaban J connectivity index is 3.19. The van der Waals surface area contributed by atoms with E-state index in [0.29, 0.717) is 5.56 Å². The van der Waals surface area contributed by atoms with Crippen molar-refractivity contribution in [2.24, 2.45) is 0 Å². The molecule has 1 rings (SSSR count). The zero-order valence-electron chi connectivity index (χ0n) is 10.4. The van der Waals surface area contributed by atoms with Gasteiger partial charge in [-0.3, -0.25) is 5.32 Å². The van der Waals surface area contributed by atoms with Crippen molar-refractivity contribution in [2.75, 3.05) is 13.7 Å². The van der Waals surface area contributed by atoms with Crippen molar-refractivity contribution in [3.63, 3.8) is 0 Å². The molecule has 0 radical (unpaired) electrons. The molecule has 1 atom stereocenters. The minimum absolute atomic E-state index is 0.0430. The second-order valence-electron chi connectivity index (χ2n) is 4.31. The van der Waals surface area contributed by atoms with Crippen LogP contribution in [0.2, 0.25) is 0 Å². The molecule has 0 aliphatic rings. The summed E-state index contributed by atoms with van der Waals surface area (Å²) in [5, 5.41) is 12.6. The number of benzene rings is 1. The Morgan fingerprint density at radius 1 is 1.41 bits per heavy atom. The van der Waals surface area contributed by atoms with Gasteiger partial charge in [-0.25, -0.2) is 4.79 Å². The van der Waals surface area contributed by atoms with Crippen LogP contribution in [0.5, 0.6) is 0 Å². The van der Waals surface area contributed by atoms with Crippen LogP contribution in [0.25, 0.3) is 0 Å². The Kier molecular flexibility index (Phi) is 4.66. The molecule has 0 heterocycles. The van der Waals surface area contributed by atoms with Gasteiger partial charge in [-0.15, -0.1) is 0 Å². The summed E-state index contributed by atoms with van der Waals surface area (Å²) in [5.41, 5.74) is -0.493. The number of carboxylic acids is 1. The summed E-state index contributed by atoms with van der Waals surface area (Å²) in [6.07, 6.45) is 0. The summed E-state index contributed by atoms with van der Waals surface area (Å²) in [4.78, 5) is 11.6. The van der Waals surface area contributed by atoms with Gasteiger partial charge in [0.25, 0.3) is 0 Å². The lowest BCUT2D eigenvalue weighted by atomic mass is 9.90. The van der Waals surface area contributed by atoms with E-state index < -0.39 is 11.5 Å². The molecule has 0 aliphatic carbocycles. The van der Waals surface area contributed by atoms with Crippen molar-refractivity contribution in [3.8, 4) is 0 Å². The molecule has 4 nitrogen and oxygen atoms in total. The third-order valence-corrected chi connectivity index (χ3v) is 2.53. The van der Waals surface area contributed by atoms with Gasteiger partial charge in [0.15, 0.2) is 5.54 Å². The molecule has 0 amide bonds. The van der Waals surface area contributed by atoms with Crippen molar-refractivity contribution in [1.82, 2.24) is 5.32 Å². The lowest BCUT2D eigenvalue weighted by molar-refractivity contribution is -0.148. The maximum absolute atomic E-state index is 11.6. The minimum atomic E-state index is -1.19. The molecular weight excluding hydrogens is 218 g/mol. The minimum Gasteiger partial charge on any atom is -0.480 e. The van der Waals surface area contributed by atoms with Gasteiger partial charge in [0.2, 0.25) is 0 Å². The van der Waals surface area contributed by atoms with Crippen molar-refractivity contribution in [3.05, 3.63) is 35.9 Å². The standard InChI is InChI=1S/C13H19NO3/c1-10(2)14-13(9-17-3,12(15)16)11-7-5-4-6-8-11/h4-8,10,14H,9H2,1-3H3,(H,15,16). The van der Waals surface area contributed by atoms with Gasteiger partial charge in [-0.05, 0) is 19.4 Å². The Morgan fingerprint density at radius 3 is 2.41 bits per heavy atom. The number of aliphatic carboxylic acids is 1. The number of ether oxygens (including phenoxy) is 1. The molecule has 1 aromatic carbocycles. The van der Waals surface area contributed by atoms with E-state index in [1.807, 2.05) is 32.0 Å².